The van der Waals surface area contributed by atoms with Gasteiger partial charge in [0.1, 0.15) is 5.82 Å². The van der Waals surface area contributed by atoms with Crippen LogP contribution in [0.4, 0.5) is 4.39 Å². The van der Waals surface area contributed by atoms with Crippen LogP contribution in [0.2, 0.25) is 5.02 Å². The zero-order valence-electron chi connectivity index (χ0n) is 11.1. The number of carbonyl (C=O) groups is 2. The van der Waals surface area contributed by atoms with Crippen molar-refractivity contribution in [1.29, 1.82) is 0 Å². The predicted molar refractivity (Wildman–Crippen MR) is 71.9 cm³/mol. The minimum absolute atomic E-state index is 0.0268. The zero-order chi connectivity index (χ0) is 15.0. The van der Waals surface area contributed by atoms with Gasteiger partial charge in [-0.25, -0.2) is 4.39 Å². The summed E-state index contributed by atoms with van der Waals surface area (Å²) in [5.41, 5.74) is 0.457. The maximum absolute atomic E-state index is 13.6. The van der Waals surface area contributed by atoms with Gasteiger partial charge in [-0.2, -0.15) is 0 Å². The van der Waals surface area contributed by atoms with E-state index in [1.54, 1.807) is 19.9 Å². The maximum Gasteiger partial charge on any atom is 0.309 e. The van der Waals surface area contributed by atoms with Crippen LogP contribution in [0.15, 0.2) is 18.2 Å². The highest BCUT2D eigenvalue weighted by molar-refractivity contribution is 6.30. The van der Waals surface area contributed by atoms with Gasteiger partial charge in [-0.3, -0.25) is 9.59 Å². The number of halogens is 2. The van der Waals surface area contributed by atoms with Gasteiger partial charge in [0, 0.05) is 12.5 Å². The molecule has 0 spiro atoms. The molecule has 0 unspecified atom stereocenters. The van der Waals surface area contributed by atoms with E-state index in [2.05, 4.69) is 0 Å². The Morgan fingerprint density at radius 2 is 2.15 bits per heavy atom. The first-order chi connectivity index (χ1) is 9.32. The van der Waals surface area contributed by atoms with Crippen LogP contribution >= 0.6 is 11.6 Å². The molecule has 0 aromatic heterocycles. The number of hydrogen-bond donors (Lipinski definition) is 1. The van der Waals surface area contributed by atoms with E-state index in [9.17, 15) is 19.1 Å². The van der Waals surface area contributed by atoms with Crippen LogP contribution in [0.3, 0.4) is 0 Å². The highest BCUT2D eigenvalue weighted by Crippen LogP contribution is 2.40. The number of rotatable bonds is 3. The van der Waals surface area contributed by atoms with Crippen molar-refractivity contribution < 1.29 is 19.1 Å². The van der Waals surface area contributed by atoms with Crippen LogP contribution in [0.25, 0.3) is 0 Å². The number of benzene rings is 1. The number of likely N-dealkylation sites (tertiary alicyclic amines) is 1. The molecular weight excluding hydrogens is 285 g/mol. The molecule has 2 rings (SSSR count). The quantitative estimate of drug-likeness (QED) is 0.933. The minimum Gasteiger partial charge on any atom is -0.481 e. The Morgan fingerprint density at radius 1 is 1.50 bits per heavy atom. The SMILES string of the molecule is CC(C)N1C(=O)C[C@@H](C(=O)O)[C@@H]1c1ccc(Cl)c(F)c1. The van der Waals surface area contributed by atoms with E-state index in [-0.39, 0.29) is 23.4 Å². The Labute approximate surface area is 121 Å². The van der Waals surface area contributed by atoms with E-state index in [1.807, 2.05) is 0 Å². The summed E-state index contributed by atoms with van der Waals surface area (Å²) in [6.07, 6.45) is -0.0670. The highest BCUT2D eigenvalue weighted by atomic mass is 35.5. The summed E-state index contributed by atoms with van der Waals surface area (Å²) in [4.78, 5) is 24.9. The van der Waals surface area contributed by atoms with Gasteiger partial charge in [0.25, 0.3) is 0 Å². The number of carboxylic acids is 1. The molecule has 2 atom stereocenters. The molecule has 1 aromatic rings. The Morgan fingerprint density at radius 3 is 2.65 bits per heavy atom. The second-order valence-electron chi connectivity index (χ2n) is 5.16. The van der Waals surface area contributed by atoms with Crippen molar-refractivity contribution in [2.75, 3.05) is 0 Å². The first-order valence-electron chi connectivity index (χ1n) is 6.32. The first kappa shape index (κ1) is 14.8. The van der Waals surface area contributed by atoms with E-state index < -0.39 is 23.7 Å². The summed E-state index contributed by atoms with van der Waals surface area (Å²) < 4.78 is 13.6. The Kier molecular flexibility index (Phi) is 3.99. The molecule has 20 heavy (non-hydrogen) atoms. The van der Waals surface area contributed by atoms with E-state index in [0.717, 1.165) is 0 Å². The summed E-state index contributed by atoms with van der Waals surface area (Å²) in [5.74, 6) is -2.77. The molecular formula is C14H15ClFNO3. The predicted octanol–water partition coefficient (Wildman–Crippen LogP) is 2.86. The lowest BCUT2D eigenvalue weighted by Crippen LogP contribution is -2.36. The molecule has 6 heteroatoms. The maximum atomic E-state index is 13.6. The average Bonchev–Trinajstić information content (AvgIpc) is 2.70. The normalized spacial score (nSPS) is 22.6. The number of carboxylic acid groups (broad SMARTS) is 1. The van der Waals surface area contributed by atoms with Crippen LogP contribution in [0, 0.1) is 11.7 Å². The lowest BCUT2D eigenvalue weighted by atomic mass is 9.93. The molecule has 1 aromatic carbocycles. The number of nitrogens with zero attached hydrogens (tertiary/aromatic N) is 1. The van der Waals surface area contributed by atoms with Gasteiger partial charge in [0.15, 0.2) is 0 Å². The monoisotopic (exact) mass is 299 g/mol. The Hall–Kier alpha value is -1.62. The van der Waals surface area contributed by atoms with Crippen molar-refractivity contribution in [2.24, 2.45) is 5.92 Å². The largest absolute Gasteiger partial charge is 0.481 e. The van der Waals surface area contributed by atoms with Gasteiger partial charge in [-0.1, -0.05) is 17.7 Å². The summed E-state index contributed by atoms with van der Waals surface area (Å²) in [6.45, 7) is 3.61. The van der Waals surface area contributed by atoms with Gasteiger partial charge in [-0.05, 0) is 31.5 Å². The van der Waals surface area contributed by atoms with Crippen molar-refractivity contribution in [3.63, 3.8) is 0 Å². The molecule has 0 bridgehead atoms. The van der Waals surface area contributed by atoms with Crippen LogP contribution in [-0.4, -0.2) is 27.9 Å². The summed E-state index contributed by atoms with van der Waals surface area (Å²) in [6, 6.07) is 3.34. The second-order valence-corrected chi connectivity index (χ2v) is 5.57. The molecule has 1 heterocycles. The Balaban J connectivity index is 2.48. The van der Waals surface area contributed by atoms with Crippen LogP contribution in [0.5, 0.6) is 0 Å². The van der Waals surface area contributed by atoms with Crippen LogP contribution < -0.4 is 0 Å². The number of hydrogen-bond acceptors (Lipinski definition) is 2. The molecule has 0 radical (unpaired) electrons. The summed E-state index contributed by atoms with van der Waals surface area (Å²) in [5, 5.41) is 9.26. The van der Waals surface area contributed by atoms with E-state index in [4.69, 9.17) is 11.6 Å². The molecule has 0 aliphatic carbocycles. The zero-order valence-corrected chi connectivity index (χ0v) is 11.9. The summed E-state index contributed by atoms with van der Waals surface area (Å²) in [7, 11) is 0. The number of aliphatic carboxylic acids is 1. The molecule has 1 saturated heterocycles. The van der Waals surface area contributed by atoms with E-state index in [1.165, 1.54) is 17.0 Å². The lowest BCUT2D eigenvalue weighted by molar-refractivity contribution is -0.142. The van der Waals surface area contributed by atoms with Crippen molar-refractivity contribution in [1.82, 2.24) is 4.90 Å². The third-order valence-electron chi connectivity index (χ3n) is 3.52. The summed E-state index contributed by atoms with van der Waals surface area (Å²) >= 11 is 5.64. The fraction of sp³-hybridized carbons (Fsp3) is 0.429. The van der Waals surface area contributed by atoms with Gasteiger partial charge >= 0.3 is 5.97 Å². The molecule has 1 aliphatic rings. The van der Waals surface area contributed by atoms with Crippen LogP contribution in [-0.2, 0) is 9.59 Å². The van der Waals surface area contributed by atoms with Gasteiger partial charge in [0.2, 0.25) is 5.91 Å². The lowest BCUT2D eigenvalue weighted by Gasteiger charge is -2.30. The first-order valence-corrected chi connectivity index (χ1v) is 6.69. The fourth-order valence-corrected chi connectivity index (χ4v) is 2.79. The molecule has 1 aliphatic heterocycles. The molecule has 4 nitrogen and oxygen atoms in total. The van der Waals surface area contributed by atoms with Crippen molar-refractivity contribution in [3.8, 4) is 0 Å². The molecule has 1 N–H and O–H groups in total. The topological polar surface area (TPSA) is 57.6 Å². The standard InChI is InChI=1S/C14H15ClFNO3/c1-7(2)17-12(18)6-9(14(19)20)13(17)8-3-4-10(15)11(16)5-8/h3-5,7,9,13H,6H2,1-2H3,(H,19,20)/t9-,13+/m1/s1. The van der Waals surface area contributed by atoms with Gasteiger partial charge < -0.3 is 10.0 Å². The van der Waals surface area contributed by atoms with Crippen molar-refractivity contribution in [2.45, 2.75) is 32.4 Å². The molecule has 0 saturated carbocycles. The third kappa shape index (κ3) is 2.50. The highest BCUT2D eigenvalue weighted by Gasteiger charge is 2.45. The van der Waals surface area contributed by atoms with Gasteiger partial charge in [0.05, 0.1) is 17.0 Å². The molecule has 108 valence electrons. The van der Waals surface area contributed by atoms with Crippen molar-refractivity contribution >= 4 is 23.5 Å². The van der Waals surface area contributed by atoms with Gasteiger partial charge in [-0.15, -0.1) is 0 Å². The smallest absolute Gasteiger partial charge is 0.309 e. The number of carbonyl (C=O) groups excluding carboxylic acids is 1. The molecule has 1 fully saturated rings. The second kappa shape index (κ2) is 5.40. The minimum atomic E-state index is -1.05. The number of amides is 1. The third-order valence-corrected chi connectivity index (χ3v) is 3.83. The fourth-order valence-electron chi connectivity index (χ4n) is 2.67. The average molecular weight is 300 g/mol. The Bertz CT molecular complexity index is 561. The van der Waals surface area contributed by atoms with E-state index >= 15 is 0 Å². The van der Waals surface area contributed by atoms with E-state index in [0.29, 0.717) is 5.56 Å². The van der Waals surface area contributed by atoms with Crippen molar-refractivity contribution in [3.05, 3.63) is 34.6 Å². The van der Waals surface area contributed by atoms with Crippen LogP contribution in [0.1, 0.15) is 31.9 Å². The molecule has 1 amide bonds.